The van der Waals surface area contributed by atoms with Crippen molar-refractivity contribution in [1.29, 1.82) is 0 Å². The lowest BCUT2D eigenvalue weighted by Crippen LogP contribution is -1.95. The molecule has 0 spiro atoms. The third-order valence-corrected chi connectivity index (χ3v) is 10.2. The minimum atomic E-state index is -0.600. The molecule has 0 aliphatic rings. The van der Waals surface area contributed by atoms with Crippen LogP contribution in [0.25, 0.3) is 64.9 Å². The van der Waals surface area contributed by atoms with Gasteiger partial charge in [0, 0.05) is 32.3 Å². The van der Waals surface area contributed by atoms with Gasteiger partial charge in [-0.1, -0.05) is 129 Å². The summed E-state index contributed by atoms with van der Waals surface area (Å²) >= 11 is 0. The van der Waals surface area contributed by atoms with E-state index in [9.17, 15) is 0 Å². The Morgan fingerprint density at radius 1 is 0.447 bits per heavy atom. The zero-order valence-electron chi connectivity index (χ0n) is 20.8. The van der Waals surface area contributed by atoms with Crippen LogP contribution in [0.5, 0.6) is 0 Å². The number of rotatable bonds is 3. The van der Waals surface area contributed by atoms with Gasteiger partial charge >= 0.3 is 0 Å². The first-order chi connectivity index (χ1) is 18.9. The number of hydrogen-bond acceptors (Lipinski definition) is 0. The molecule has 1 atom stereocenters. The molecular weight excluding hydrogens is 477 g/mol. The van der Waals surface area contributed by atoms with E-state index in [-0.39, 0.29) is 0 Å². The average molecular weight is 502 g/mol. The zero-order valence-corrected chi connectivity index (χ0v) is 21.6. The van der Waals surface area contributed by atoms with Crippen LogP contribution in [-0.4, -0.2) is 4.57 Å². The quantitative estimate of drug-likeness (QED) is 0.227. The molecule has 1 nitrogen and oxygen atoms in total. The second-order valence-corrected chi connectivity index (χ2v) is 12.0. The summed E-state index contributed by atoms with van der Waals surface area (Å²) in [7, 11) is -0.600. The molecule has 0 amide bonds. The van der Waals surface area contributed by atoms with Crippen LogP contribution in [0.1, 0.15) is 0 Å². The minimum Gasteiger partial charge on any atom is -0.309 e. The summed E-state index contributed by atoms with van der Waals surface area (Å²) < 4.78 is 2.43. The standard InChI is InChI=1S/C36H24NP/c1-3-12-26(13-4-1)37-33-20-9-7-16-29(33)32-19-11-18-28(36(32)37)25-22-23-31-30-17-8-10-21-34(30)38(35(31)24-25)27-14-5-2-6-15-27/h1-24H. The van der Waals surface area contributed by atoms with E-state index in [4.69, 9.17) is 0 Å². The van der Waals surface area contributed by atoms with E-state index >= 15 is 0 Å². The lowest BCUT2D eigenvalue weighted by Gasteiger charge is -2.12. The summed E-state index contributed by atoms with van der Waals surface area (Å²) in [5.41, 5.74) is 6.22. The van der Waals surface area contributed by atoms with Crippen LogP contribution >= 0.6 is 7.53 Å². The van der Waals surface area contributed by atoms with Crippen LogP contribution in [0.2, 0.25) is 0 Å². The minimum absolute atomic E-state index is 0.600. The van der Waals surface area contributed by atoms with E-state index in [2.05, 4.69) is 150 Å². The van der Waals surface area contributed by atoms with Crippen molar-refractivity contribution in [2.24, 2.45) is 0 Å². The molecular formula is C36H24NP. The van der Waals surface area contributed by atoms with Gasteiger partial charge in [-0.25, -0.2) is 0 Å². The van der Waals surface area contributed by atoms with Gasteiger partial charge in [-0.05, 0) is 45.9 Å². The first-order valence-corrected chi connectivity index (χ1v) is 14.4. The molecule has 0 radical (unpaired) electrons. The molecule has 38 heavy (non-hydrogen) atoms. The van der Waals surface area contributed by atoms with Gasteiger partial charge in [-0.3, -0.25) is 0 Å². The maximum atomic E-state index is 2.47. The molecule has 0 bridgehead atoms. The van der Waals surface area contributed by atoms with E-state index in [1.165, 1.54) is 64.9 Å². The van der Waals surface area contributed by atoms with Gasteiger partial charge in [0.1, 0.15) is 0 Å². The van der Waals surface area contributed by atoms with Crippen LogP contribution in [-0.2, 0) is 0 Å². The number of fused-ring (bicyclic) bond motifs is 6. The summed E-state index contributed by atoms with van der Waals surface area (Å²) in [5, 5.41) is 9.63. The Labute approximate surface area is 222 Å². The van der Waals surface area contributed by atoms with Gasteiger partial charge in [0.15, 0.2) is 0 Å². The van der Waals surface area contributed by atoms with Gasteiger partial charge in [-0.15, -0.1) is 0 Å². The Bertz CT molecular complexity index is 2110. The van der Waals surface area contributed by atoms with Crippen molar-refractivity contribution in [3.63, 3.8) is 0 Å². The number of nitrogens with zero attached hydrogens (tertiary/aromatic N) is 1. The largest absolute Gasteiger partial charge is 0.309 e. The van der Waals surface area contributed by atoms with E-state index < -0.39 is 7.53 Å². The number of para-hydroxylation sites is 3. The monoisotopic (exact) mass is 501 g/mol. The summed E-state index contributed by atoms with van der Waals surface area (Å²) in [6, 6.07) is 53.4. The van der Waals surface area contributed by atoms with Crippen molar-refractivity contribution in [2.75, 3.05) is 0 Å². The van der Waals surface area contributed by atoms with Gasteiger partial charge < -0.3 is 4.57 Å². The zero-order chi connectivity index (χ0) is 25.1. The molecule has 2 heteroatoms. The van der Waals surface area contributed by atoms with Crippen molar-refractivity contribution in [1.82, 2.24) is 4.57 Å². The summed E-state index contributed by atoms with van der Waals surface area (Å²) in [6.07, 6.45) is 0. The highest BCUT2D eigenvalue weighted by atomic mass is 31.1. The second kappa shape index (κ2) is 8.48. The van der Waals surface area contributed by atoms with Crippen LogP contribution in [0.4, 0.5) is 0 Å². The Balaban J connectivity index is 1.48. The molecule has 1 unspecified atom stereocenters. The predicted octanol–water partition coefficient (Wildman–Crippen LogP) is 10.7. The van der Waals surface area contributed by atoms with Crippen molar-refractivity contribution < 1.29 is 0 Å². The SMILES string of the molecule is c1ccc(-n2c3ccccc3c3cccc(-c4ccc5c6ccccc6p(-c6ccccc6)c5c4)c32)cc1. The molecule has 2 heterocycles. The Morgan fingerprint density at radius 2 is 1.11 bits per heavy atom. The average Bonchev–Trinajstić information content (AvgIpc) is 3.51. The van der Waals surface area contributed by atoms with E-state index in [1.54, 1.807) is 0 Å². The van der Waals surface area contributed by atoms with Crippen molar-refractivity contribution >= 4 is 50.3 Å². The highest BCUT2D eigenvalue weighted by Gasteiger charge is 2.18. The van der Waals surface area contributed by atoms with Crippen molar-refractivity contribution in [2.45, 2.75) is 0 Å². The van der Waals surface area contributed by atoms with Crippen molar-refractivity contribution in [3.05, 3.63) is 146 Å². The topological polar surface area (TPSA) is 4.93 Å². The van der Waals surface area contributed by atoms with Gasteiger partial charge in [0.2, 0.25) is 0 Å². The highest BCUT2D eigenvalue weighted by Crippen LogP contribution is 2.55. The van der Waals surface area contributed by atoms with E-state index in [1.807, 2.05) is 0 Å². The molecule has 0 aliphatic heterocycles. The summed E-state index contributed by atoms with van der Waals surface area (Å²) in [6.45, 7) is 0. The third-order valence-electron chi connectivity index (χ3n) is 7.71. The van der Waals surface area contributed by atoms with Crippen LogP contribution in [0.3, 0.4) is 0 Å². The number of aromatic nitrogens is 1. The molecule has 8 rings (SSSR count). The van der Waals surface area contributed by atoms with E-state index in [0.717, 1.165) is 0 Å². The predicted molar refractivity (Wildman–Crippen MR) is 165 cm³/mol. The lowest BCUT2D eigenvalue weighted by molar-refractivity contribution is 1.18. The Hall–Kier alpha value is -4.58. The fourth-order valence-electron chi connectivity index (χ4n) is 6.09. The summed E-state index contributed by atoms with van der Waals surface area (Å²) in [5.74, 6) is 0. The number of hydrogen-bond donors (Lipinski definition) is 0. The smallest absolute Gasteiger partial charge is 0.0619 e. The normalized spacial score (nSPS) is 12.2. The van der Waals surface area contributed by atoms with Crippen molar-refractivity contribution in [3.8, 4) is 22.1 Å². The molecule has 8 aromatic rings. The van der Waals surface area contributed by atoms with Gasteiger partial charge in [0.25, 0.3) is 0 Å². The Morgan fingerprint density at radius 3 is 1.95 bits per heavy atom. The van der Waals surface area contributed by atoms with Gasteiger partial charge in [-0.2, -0.15) is 0 Å². The second-order valence-electron chi connectivity index (χ2n) is 9.81. The van der Waals surface area contributed by atoms with Crippen LogP contribution < -0.4 is 0 Å². The van der Waals surface area contributed by atoms with Crippen LogP contribution in [0.15, 0.2) is 146 Å². The fourth-order valence-corrected chi connectivity index (χ4v) is 8.75. The first-order valence-electron chi connectivity index (χ1n) is 13.0. The molecule has 0 saturated heterocycles. The lowest BCUT2D eigenvalue weighted by atomic mass is 10.0. The van der Waals surface area contributed by atoms with Crippen LogP contribution in [0, 0.1) is 0 Å². The highest BCUT2D eigenvalue weighted by molar-refractivity contribution is 7.67. The molecule has 0 aliphatic carbocycles. The maximum Gasteiger partial charge on any atom is 0.0619 e. The molecule has 0 N–H and O–H groups in total. The maximum absolute atomic E-state index is 2.47. The molecule has 2 aromatic heterocycles. The molecule has 0 fully saturated rings. The Kier molecular flexibility index (Phi) is 4.80. The first kappa shape index (κ1) is 21.5. The molecule has 0 saturated carbocycles. The molecule has 178 valence electrons. The third kappa shape index (κ3) is 3.13. The van der Waals surface area contributed by atoms with Gasteiger partial charge in [0.05, 0.1) is 11.0 Å². The summed E-state index contributed by atoms with van der Waals surface area (Å²) in [4.78, 5) is 0. The molecule has 6 aromatic carbocycles. The number of benzene rings is 6. The van der Waals surface area contributed by atoms with E-state index in [0.29, 0.717) is 0 Å². The fraction of sp³-hybridized carbons (Fsp3) is 0.